The zero-order chi connectivity index (χ0) is 10.3. The van der Waals surface area contributed by atoms with Crippen LogP contribution in [-0.4, -0.2) is 47.4 Å². The first-order chi connectivity index (χ1) is 6.53. The van der Waals surface area contributed by atoms with E-state index in [9.17, 15) is 15.2 Å². The van der Waals surface area contributed by atoms with Crippen molar-refractivity contribution < 1.29 is 24.5 Å². The van der Waals surface area contributed by atoms with Gasteiger partial charge in [-0.2, -0.15) is 0 Å². The van der Waals surface area contributed by atoms with Crippen LogP contribution >= 0.6 is 0 Å². The van der Waals surface area contributed by atoms with Crippen molar-refractivity contribution in [1.29, 1.82) is 0 Å². The molecule has 14 heavy (non-hydrogen) atoms. The minimum Gasteiger partial charge on any atom is -0.388 e. The predicted octanol–water partition coefficient (Wildman–Crippen LogP) is -1.99. The Bertz CT molecular complexity index is 261. The highest BCUT2D eigenvalue weighted by Crippen LogP contribution is 2.33. The van der Waals surface area contributed by atoms with Crippen molar-refractivity contribution in [3.05, 3.63) is 10.1 Å². The summed E-state index contributed by atoms with van der Waals surface area (Å²) in [5.74, 6) is 0. The van der Waals surface area contributed by atoms with Crippen LogP contribution in [0.3, 0.4) is 0 Å². The molecule has 8 heteroatoms. The number of ether oxygens (including phenoxy) is 2. The smallest absolute Gasteiger partial charge is 0.296 e. The molecule has 0 saturated carbocycles. The predicted molar refractivity (Wildman–Crippen MR) is 40.5 cm³/mol. The molecular formula is C6H10N2O6. The molecule has 2 heterocycles. The maximum atomic E-state index is 10.2. The second kappa shape index (κ2) is 3.02. The van der Waals surface area contributed by atoms with Crippen LogP contribution in [0.2, 0.25) is 0 Å². The van der Waals surface area contributed by atoms with Gasteiger partial charge in [-0.1, -0.05) is 0 Å². The Kier molecular flexibility index (Phi) is 2.07. The highest BCUT2D eigenvalue weighted by atomic mass is 17.0. The minimum atomic E-state index is -1.61. The topological polar surface area (TPSA) is 117 Å². The van der Waals surface area contributed by atoms with E-state index >= 15 is 0 Å². The fourth-order valence-corrected chi connectivity index (χ4v) is 1.74. The van der Waals surface area contributed by atoms with E-state index in [1.807, 2.05) is 0 Å². The van der Waals surface area contributed by atoms with Crippen molar-refractivity contribution in [3.8, 4) is 0 Å². The summed E-state index contributed by atoms with van der Waals surface area (Å²) in [6, 6.07) is 0. The monoisotopic (exact) mass is 206 g/mol. The van der Waals surface area contributed by atoms with E-state index in [4.69, 9.17) is 15.2 Å². The molecule has 0 aromatic heterocycles. The zero-order valence-electron chi connectivity index (χ0n) is 7.16. The molecule has 0 unspecified atom stereocenters. The molecule has 0 radical (unpaired) electrons. The highest BCUT2D eigenvalue weighted by Gasteiger charge is 2.57. The maximum absolute atomic E-state index is 10.2. The molecule has 0 aliphatic carbocycles. The van der Waals surface area contributed by atoms with E-state index in [1.165, 1.54) is 0 Å². The average Bonchev–Trinajstić information content (AvgIpc) is 2.55. The van der Waals surface area contributed by atoms with Crippen LogP contribution in [-0.2, 0) is 14.3 Å². The molecule has 2 saturated heterocycles. The summed E-state index contributed by atoms with van der Waals surface area (Å²) in [6.45, 7) is -0.115. The molecule has 0 bridgehead atoms. The van der Waals surface area contributed by atoms with E-state index in [0.717, 1.165) is 0 Å². The van der Waals surface area contributed by atoms with Gasteiger partial charge in [-0.05, 0) is 0 Å². The molecule has 2 rings (SSSR count). The van der Waals surface area contributed by atoms with Crippen molar-refractivity contribution >= 4 is 0 Å². The lowest BCUT2D eigenvalue weighted by Gasteiger charge is -2.24. The Labute approximate surface area is 78.6 Å². The van der Waals surface area contributed by atoms with Crippen LogP contribution in [0, 0.1) is 10.1 Å². The third-order valence-electron chi connectivity index (χ3n) is 2.35. The summed E-state index contributed by atoms with van der Waals surface area (Å²) in [5.41, 5.74) is 3.98. The molecule has 8 nitrogen and oxygen atoms in total. The molecule has 2 aliphatic rings. The van der Waals surface area contributed by atoms with Gasteiger partial charge in [0.1, 0.15) is 18.3 Å². The number of aliphatic hydroxyl groups excluding tert-OH is 1. The number of nitrogens with two attached hydrogens (primary N) is 1. The zero-order valence-corrected chi connectivity index (χ0v) is 7.16. The number of aliphatic hydroxyl groups is 1. The third-order valence-corrected chi connectivity index (χ3v) is 2.35. The lowest BCUT2D eigenvalue weighted by molar-refractivity contribution is -0.782. The van der Waals surface area contributed by atoms with Crippen molar-refractivity contribution in [2.45, 2.75) is 24.0 Å². The standard InChI is InChI=1S/C6H10N2O6/c7-6(14-8(10)11)2-13-4-3(9)1-12-5(4)6/h3-5,9H,1-2,7H2/t3-,4-,5+,6+/m1/s1. The Morgan fingerprint density at radius 2 is 2.36 bits per heavy atom. The van der Waals surface area contributed by atoms with Crippen LogP contribution in [0.15, 0.2) is 0 Å². The van der Waals surface area contributed by atoms with Gasteiger partial charge in [0.15, 0.2) is 0 Å². The summed E-state index contributed by atoms with van der Waals surface area (Å²) >= 11 is 0. The normalized spacial score (nSPS) is 46.3. The lowest BCUT2D eigenvalue weighted by atomic mass is 10.1. The molecule has 0 spiro atoms. The SMILES string of the molecule is N[C@]1(O[N+](=O)[O-])CO[C@@H]2[C@H](O)CO[C@@H]21. The van der Waals surface area contributed by atoms with Crippen LogP contribution in [0.4, 0.5) is 0 Å². The van der Waals surface area contributed by atoms with Crippen LogP contribution in [0.5, 0.6) is 0 Å². The Morgan fingerprint density at radius 3 is 3.00 bits per heavy atom. The second-order valence-electron chi connectivity index (χ2n) is 3.37. The maximum Gasteiger partial charge on any atom is 0.296 e. The largest absolute Gasteiger partial charge is 0.388 e. The number of hydrogen-bond acceptors (Lipinski definition) is 7. The van der Waals surface area contributed by atoms with E-state index < -0.39 is 29.1 Å². The molecule has 0 aromatic carbocycles. The minimum absolute atomic E-state index is 0.0510. The molecule has 2 fully saturated rings. The quantitative estimate of drug-likeness (QED) is 0.305. The molecule has 0 aromatic rings. The molecule has 2 aliphatic heterocycles. The van der Waals surface area contributed by atoms with Gasteiger partial charge in [-0.15, -0.1) is 10.1 Å². The van der Waals surface area contributed by atoms with Crippen molar-refractivity contribution in [2.75, 3.05) is 13.2 Å². The fourth-order valence-electron chi connectivity index (χ4n) is 1.74. The highest BCUT2D eigenvalue weighted by molar-refractivity contribution is 5.01. The van der Waals surface area contributed by atoms with Gasteiger partial charge in [0.05, 0.1) is 13.2 Å². The van der Waals surface area contributed by atoms with Gasteiger partial charge in [0.2, 0.25) is 5.72 Å². The second-order valence-corrected chi connectivity index (χ2v) is 3.37. The first-order valence-corrected chi connectivity index (χ1v) is 4.06. The van der Waals surface area contributed by atoms with E-state index in [0.29, 0.717) is 0 Å². The van der Waals surface area contributed by atoms with Gasteiger partial charge < -0.3 is 14.6 Å². The van der Waals surface area contributed by atoms with E-state index in [-0.39, 0.29) is 13.2 Å². The summed E-state index contributed by atoms with van der Waals surface area (Å²) in [7, 11) is 0. The molecule has 80 valence electrons. The van der Waals surface area contributed by atoms with Crippen LogP contribution in [0.1, 0.15) is 0 Å². The summed E-state index contributed by atoms with van der Waals surface area (Å²) < 4.78 is 10.2. The number of fused-ring (bicyclic) bond motifs is 1. The molecule has 3 N–H and O–H groups in total. The van der Waals surface area contributed by atoms with Crippen LogP contribution in [0.25, 0.3) is 0 Å². The average molecular weight is 206 g/mol. The molecule has 4 atom stereocenters. The van der Waals surface area contributed by atoms with Crippen molar-refractivity contribution in [2.24, 2.45) is 5.73 Å². The Morgan fingerprint density at radius 1 is 1.64 bits per heavy atom. The summed E-state index contributed by atoms with van der Waals surface area (Å²) in [4.78, 5) is 14.5. The summed E-state index contributed by atoms with van der Waals surface area (Å²) in [5, 5.41) is 18.5. The Hall–Kier alpha value is -0.960. The fraction of sp³-hybridized carbons (Fsp3) is 1.00. The van der Waals surface area contributed by atoms with Crippen LogP contribution < -0.4 is 5.73 Å². The number of nitrogens with zero attached hydrogens (tertiary/aromatic N) is 1. The van der Waals surface area contributed by atoms with Crippen molar-refractivity contribution in [1.82, 2.24) is 0 Å². The number of rotatable bonds is 2. The van der Waals surface area contributed by atoms with Gasteiger partial charge in [0, 0.05) is 0 Å². The van der Waals surface area contributed by atoms with Gasteiger partial charge in [0.25, 0.3) is 5.09 Å². The number of hydrogen-bond donors (Lipinski definition) is 2. The lowest BCUT2D eigenvalue weighted by Crippen LogP contribution is -2.55. The van der Waals surface area contributed by atoms with Crippen molar-refractivity contribution in [3.63, 3.8) is 0 Å². The van der Waals surface area contributed by atoms with Gasteiger partial charge in [-0.3, -0.25) is 10.6 Å². The van der Waals surface area contributed by atoms with E-state index in [2.05, 4.69) is 4.84 Å². The molecular weight excluding hydrogens is 196 g/mol. The van der Waals surface area contributed by atoms with Gasteiger partial charge >= 0.3 is 0 Å². The Balaban J connectivity index is 2.11. The van der Waals surface area contributed by atoms with Gasteiger partial charge in [-0.25, -0.2) is 0 Å². The molecule has 0 amide bonds. The summed E-state index contributed by atoms with van der Waals surface area (Å²) in [6.07, 6.45) is -2.23. The third kappa shape index (κ3) is 1.32. The van der Waals surface area contributed by atoms with E-state index in [1.54, 1.807) is 0 Å². The first kappa shape index (κ1) is 9.59. The first-order valence-electron chi connectivity index (χ1n) is 4.06.